The van der Waals surface area contributed by atoms with Crippen molar-refractivity contribution in [3.8, 4) is 11.4 Å². The van der Waals surface area contributed by atoms with Gasteiger partial charge in [-0.15, -0.1) is 0 Å². The summed E-state index contributed by atoms with van der Waals surface area (Å²) in [6.45, 7) is 6.27. The van der Waals surface area contributed by atoms with Crippen LogP contribution in [0.4, 0.5) is 0 Å². The third-order valence-electron chi connectivity index (χ3n) is 5.88. The Hall–Kier alpha value is -3.64. The van der Waals surface area contributed by atoms with Crippen molar-refractivity contribution in [1.82, 2.24) is 14.5 Å². The van der Waals surface area contributed by atoms with Gasteiger partial charge < -0.3 is 9.64 Å². The molecule has 0 aliphatic heterocycles. The summed E-state index contributed by atoms with van der Waals surface area (Å²) in [5.74, 6) is 0.911. The molecule has 1 aromatic heterocycles. The van der Waals surface area contributed by atoms with Gasteiger partial charge in [0.15, 0.2) is 6.61 Å². The number of ether oxygens (including phenoxy) is 1. The number of hydrogen-bond donors (Lipinski definition) is 0. The summed E-state index contributed by atoms with van der Waals surface area (Å²) in [6, 6.07) is 21.5. The van der Waals surface area contributed by atoms with E-state index in [9.17, 15) is 9.59 Å². The van der Waals surface area contributed by atoms with Crippen molar-refractivity contribution in [1.29, 1.82) is 0 Å². The zero-order chi connectivity index (χ0) is 24.9. The first-order chi connectivity index (χ1) is 16.9. The Kier molecular flexibility index (Phi) is 7.51. The van der Waals surface area contributed by atoms with Crippen LogP contribution in [0.15, 0.2) is 77.6 Å². The Morgan fingerprint density at radius 3 is 2.49 bits per heavy atom. The van der Waals surface area contributed by atoms with Crippen LogP contribution in [0.25, 0.3) is 16.6 Å². The van der Waals surface area contributed by atoms with E-state index < -0.39 is 6.04 Å². The van der Waals surface area contributed by atoms with Crippen molar-refractivity contribution in [3.05, 3.63) is 99.6 Å². The summed E-state index contributed by atoms with van der Waals surface area (Å²) in [4.78, 5) is 33.5. The number of halogens is 1. The lowest BCUT2D eigenvalue weighted by atomic mass is 10.1. The number of fused-ring (bicyclic) bond motifs is 1. The van der Waals surface area contributed by atoms with Crippen LogP contribution in [0.2, 0.25) is 5.02 Å². The molecule has 4 rings (SSSR count). The number of nitrogens with zero attached hydrogens (tertiary/aromatic N) is 3. The first-order valence-electron chi connectivity index (χ1n) is 11.7. The molecule has 0 bridgehead atoms. The number of amides is 1. The average Bonchev–Trinajstić information content (AvgIpc) is 2.86. The summed E-state index contributed by atoms with van der Waals surface area (Å²) in [5, 5.41) is 0.959. The average molecular weight is 490 g/mol. The molecule has 1 unspecified atom stereocenters. The maximum Gasteiger partial charge on any atom is 0.266 e. The van der Waals surface area contributed by atoms with E-state index in [2.05, 4.69) is 0 Å². The zero-order valence-electron chi connectivity index (χ0n) is 20.1. The number of benzene rings is 3. The molecule has 0 spiro atoms. The number of para-hydroxylation sites is 1. The fourth-order valence-electron chi connectivity index (χ4n) is 4.06. The van der Waals surface area contributed by atoms with Crippen molar-refractivity contribution in [3.63, 3.8) is 0 Å². The molecule has 1 amide bonds. The molecule has 0 saturated carbocycles. The summed E-state index contributed by atoms with van der Waals surface area (Å²) in [6.07, 6.45) is 0.746. The Morgan fingerprint density at radius 2 is 1.80 bits per heavy atom. The van der Waals surface area contributed by atoms with Gasteiger partial charge in [-0.3, -0.25) is 14.2 Å². The normalized spacial score (nSPS) is 11.9. The third kappa shape index (κ3) is 5.38. The minimum atomic E-state index is -0.487. The van der Waals surface area contributed by atoms with E-state index >= 15 is 0 Å². The third-order valence-corrected chi connectivity index (χ3v) is 6.12. The number of aryl methyl sites for hydroxylation is 1. The van der Waals surface area contributed by atoms with Crippen molar-refractivity contribution in [2.45, 2.75) is 33.2 Å². The molecule has 1 atom stereocenters. The second-order valence-electron chi connectivity index (χ2n) is 8.47. The Bertz CT molecular complexity index is 1380. The highest BCUT2D eigenvalue weighted by Gasteiger charge is 2.27. The van der Waals surface area contributed by atoms with Gasteiger partial charge >= 0.3 is 0 Å². The van der Waals surface area contributed by atoms with E-state index in [1.807, 2.05) is 75.4 Å². The Balaban J connectivity index is 1.78. The molecule has 0 radical (unpaired) electrons. The summed E-state index contributed by atoms with van der Waals surface area (Å²) < 4.78 is 7.31. The molecule has 0 N–H and O–H groups in total. The molecular weight excluding hydrogens is 462 g/mol. The van der Waals surface area contributed by atoms with Crippen LogP contribution in [0.5, 0.6) is 5.75 Å². The second kappa shape index (κ2) is 10.7. The first-order valence-corrected chi connectivity index (χ1v) is 12.0. The molecular formula is C28H28ClN3O3. The predicted octanol–water partition coefficient (Wildman–Crippen LogP) is 5.73. The largest absolute Gasteiger partial charge is 0.484 e. The fourth-order valence-corrected chi connectivity index (χ4v) is 4.23. The van der Waals surface area contributed by atoms with E-state index in [1.165, 1.54) is 0 Å². The minimum absolute atomic E-state index is 0.109. The smallest absolute Gasteiger partial charge is 0.266 e. The second-order valence-corrected chi connectivity index (χ2v) is 8.91. The number of hydrogen-bond acceptors (Lipinski definition) is 4. The highest BCUT2D eigenvalue weighted by molar-refractivity contribution is 6.31. The van der Waals surface area contributed by atoms with Crippen molar-refractivity contribution in [2.24, 2.45) is 0 Å². The van der Waals surface area contributed by atoms with Gasteiger partial charge in [-0.2, -0.15) is 0 Å². The SMILES string of the molecule is CCCN(C(=O)COc1ccccc1)C(C)c1nc2cc(Cl)ccc2c(=O)n1-c1ccc(C)cc1. The lowest BCUT2D eigenvalue weighted by Gasteiger charge is -2.30. The quantitative estimate of drug-likeness (QED) is 0.317. The lowest BCUT2D eigenvalue weighted by Crippen LogP contribution is -2.40. The molecule has 1 heterocycles. The summed E-state index contributed by atoms with van der Waals surface area (Å²) in [5.41, 5.74) is 2.06. The van der Waals surface area contributed by atoms with Crippen LogP contribution in [-0.2, 0) is 4.79 Å². The van der Waals surface area contributed by atoms with Gasteiger partial charge in [0.2, 0.25) is 0 Å². The van der Waals surface area contributed by atoms with Gasteiger partial charge in [0.25, 0.3) is 11.5 Å². The van der Waals surface area contributed by atoms with E-state index in [1.54, 1.807) is 27.7 Å². The van der Waals surface area contributed by atoms with Crippen LogP contribution in [0.3, 0.4) is 0 Å². The molecule has 35 heavy (non-hydrogen) atoms. The zero-order valence-corrected chi connectivity index (χ0v) is 20.8. The predicted molar refractivity (Wildman–Crippen MR) is 139 cm³/mol. The number of carbonyl (C=O) groups is 1. The molecule has 0 saturated heterocycles. The van der Waals surface area contributed by atoms with Gasteiger partial charge in [0.1, 0.15) is 11.6 Å². The highest BCUT2D eigenvalue weighted by Crippen LogP contribution is 2.25. The van der Waals surface area contributed by atoms with E-state index in [-0.39, 0.29) is 18.1 Å². The van der Waals surface area contributed by atoms with Crippen molar-refractivity contribution >= 4 is 28.4 Å². The van der Waals surface area contributed by atoms with Crippen molar-refractivity contribution < 1.29 is 9.53 Å². The highest BCUT2D eigenvalue weighted by atomic mass is 35.5. The van der Waals surface area contributed by atoms with Gasteiger partial charge in [0, 0.05) is 11.6 Å². The molecule has 6 nitrogen and oxygen atoms in total. The van der Waals surface area contributed by atoms with Crippen molar-refractivity contribution in [2.75, 3.05) is 13.2 Å². The molecule has 7 heteroatoms. The van der Waals surface area contributed by atoms with E-state index in [0.29, 0.717) is 39.7 Å². The van der Waals surface area contributed by atoms with E-state index in [0.717, 1.165) is 12.0 Å². The van der Waals surface area contributed by atoms with Crippen LogP contribution in [-0.4, -0.2) is 33.5 Å². The van der Waals surface area contributed by atoms with E-state index in [4.69, 9.17) is 21.3 Å². The van der Waals surface area contributed by atoms with Crippen LogP contribution in [0, 0.1) is 6.92 Å². The molecule has 0 aliphatic rings. The summed E-state index contributed by atoms with van der Waals surface area (Å²) in [7, 11) is 0. The van der Waals surface area contributed by atoms with Gasteiger partial charge in [-0.1, -0.05) is 54.4 Å². The number of rotatable bonds is 8. The van der Waals surface area contributed by atoms with Gasteiger partial charge in [-0.05, 0) is 62.7 Å². The molecule has 0 aliphatic carbocycles. The topological polar surface area (TPSA) is 64.4 Å². The maximum absolute atomic E-state index is 13.7. The molecule has 4 aromatic rings. The van der Waals surface area contributed by atoms with Crippen LogP contribution < -0.4 is 10.3 Å². The van der Waals surface area contributed by atoms with Crippen LogP contribution in [0.1, 0.15) is 37.7 Å². The minimum Gasteiger partial charge on any atom is -0.484 e. The maximum atomic E-state index is 13.7. The molecule has 180 valence electrons. The molecule has 3 aromatic carbocycles. The van der Waals surface area contributed by atoms with Gasteiger partial charge in [0.05, 0.1) is 22.6 Å². The van der Waals surface area contributed by atoms with Gasteiger partial charge in [-0.25, -0.2) is 4.98 Å². The Labute approximate surface area is 209 Å². The van der Waals surface area contributed by atoms with Crippen LogP contribution >= 0.6 is 11.6 Å². The standard InChI is InChI=1S/C28H28ClN3O3/c1-4-16-31(26(33)18-35-23-8-6-5-7-9-23)20(3)27-30-25-17-21(29)12-15-24(25)28(34)32(27)22-13-10-19(2)11-14-22/h5-15,17,20H,4,16,18H2,1-3H3. The monoisotopic (exact) mass is 489 g/mol. The molecule has 0 fully saturated rings. The number of carbonyl (C=O) groups excluding carboxylic acids is 1. The summed E-state index contributed by atoms with van der Waals surface area (Å²) >= 11 is 6.21. The first kappa shape index (κ1) is 24.5. The Morgan fingerprint density at radius 1 is 1.09 bits per heavy atom. The lowest BCUT2D eigenvalue weighted by molar-refractivity contribution is -0.135. The number of aromatic nitrogens is 2. The fraction of sp³-hybridized carbons (Fsp3) is 0.250.